The number of amides is 5. The van der Waals surface area contributed by atoms with Gasteiger partial charge in [0.1, 0.15) is 12.1 Å². The van der Waals surface area contributed by atoms with E-state index in [-0.39, 0.29) is 34.9 Å². The van der Waals surface area contributed by atoms with Gasteiger partial charge in [0.15, 0.2) is 9.84 Å². The fourth-order valence-electron chi connectivity index (χ4n) is 7.28. The second-order valence-electron chi connectivity index (χ2n) is 15.5. The molecule has 4 rings (SSSR count). The van der Waals surface area contributed by atoms with Crippen molar-refractivity contribution in [2.45, 2.75) is 121 Å². The van der Waals surface area contributed by atoms with Crippen molar-refractivity contribution in [2.24, 2.45) is 28.9 Å². The topological polar surface area (TPSA) is 185 Å². The lowest BCUT2D eigenvalue weighted by Crippen LogP contribution is -2.63. The predicted octanol–water partition coefficient (Wildman–Crippen LogP) is 3.09. The lowest BCUT2D eigenvalue weighted by Gasteiger charge is -2.40. The van der Waals surface area contributed by atoms with E-state index in [4.69, 9.17) is 5.73 Å². The number of likely N-dealkylation sites (tertiary alicyclic amines) is 1. The highest BCUT2D eigenvalue weighted by Gasteiger charge is 2.48. The number of carbonyl (C=O) groups is 5. The van der Waals surface area contributed by atoms with E-state index in [0.717, 1.165) is 32.1 Å². The number of nitrogens with one attached hydrogen (secondary N) is 3. The van der Waals surface area contributed by atoms with Crippen LogP contribution in [-0.4, -0.2) is 78.8 Å². The Morgan fingerprint density at radius 1 is 0.958 bits per heavy atom. The summed E-state index contributed by atoms with van der Waals surface area (Å²) >= 11 is 0. The minimum absolute atomic E-state index is 0.0225. The molecule has 3 aliphatic rings. The monoisotopic (exact) mass is 687 g/mol. The predicted molar refractivity (Wildman–Crippen MR) is 181 cm³/mol. The molecule has 48 heavy (non-hydrogen) atoms. The summed E-state index contributed by atoms with van der Waals surface area (Å²) in [4.78, 5) is 68.1. The van der Waals surface area contributed by atoms with Gasteiger partial charge in [-0.25, -0.2) is 13.2 Å². The Bertz CT molecular complexity index is 1460. The average molecular weight is 688 g/mol. The zero-order valence-electron chi connectivity index (χ0n) is 28.9. The van der Waals surface area contributed by atoms with E-state index in [0.29, 0.717) is 25.7 Å². The maximum absolute atomic E-state index is 14.4. The molecule has 266 valence electrons. The molecule has 1 heterocycles. The van der Waals surface area contributed by atoms with Crippen LogP contribution in [0.2, 0.25) is 0 Å². The number of urea groups is 1. The summed E-state index contributed by atoms with van der Waals surface area (Å²) in [5, 5.41) is 8.59. The lowest BCUT2D eigenvalue weighted by atomic mass is 9.83. The number of carbonyl (C=O) groups excluding carboxylic acids is 5. The fourth-order valence-corrected chi connectivity index (χ4v) is 9.10. The molecule has 5 amide bonds. The highest BCUT2D eigenvalue weighted by Crippen LogP contribution is 2.36. The highest BCUT2D eigenvalue weighted by molar-refractivity contribution is 7.91. The Hall–Kier alpha value is -3.48. The number of ketones is 1. The van der Waals surface area contributed by atoms with Gasteiger partial charge in [-0.2, -0.15) is 0 Å². The fraction of sp³-hybridized carbons (Fsp3) is 0.686. The first-order chi connectivity index (χ1) is 22.4. The molecule has 13 heteroatoms. The Balaban J connectivity index is 1.55. The van der Waals surface area contributed by atoms with Gasteiger partial charge >= 0.3 is 6.03 Å². The van der Waals surface area contributed by atoms with E-state index in [1.54, 1.807) is 30.3 Å². The molecule has 1 aromatic rings. The molecule has 1 saturated heterocycles. The summed E-state index contributed by atoms with van der Waals surface area (Å²) in [5.74, 6) is -3.18. The molecular formula is C35H53N5O7S. The lowest BCUT2D eigenvalue weighted by molar-refractivity contribution is -0.144. The molecule has 1 unspecified atom stereocenters. The molecule has 0 radical (unpaired) electrons. The van der Waals surface area contributed by atoms with Crippen LogP contribution >= 0.6 is 0 Å². The molecule has 0 aromatic heterocycles. The van der Waals surface area contributed by atoms with Gasteiger partial charge in [-0.15, -0.1) is 0 Å². The SMILES string of the molecule is CC(C)[C@H]1CCN(C(=O)[C@@H](NC(=O)NC2(CS(=O)(=O)c3ccccc3)CCCCC2)C(C)(C)C)[C@@H]1C(=O)NC(CC1CC1)C(=O)C(N)=O. The van der Waals surface area contributed by atoms with Gasteiger partial charge in [0.2, 0.25) is 17.6 Å². The van der Waals surface area contributed by atoms with E-state index in [9.17, 15) is 32.4 Å². The van der Waals surface area contributed by atoms with Gasteiger partial charge in [-0.1, -0.05) is 84.9 Å². The zero-order chi connectivity index (χ0) is 35.4. The number of rotatable bonds is 13. The number of hydrogen-bond donors (Lipinski definition) is 4. The average Bonchev–Trinajstić information content (AvgIpc) is 3.71. The zero-order valence-corrected chi connectivity index (χ0v) is 29.7. The van der Waals surface area contributed by atoms with Gasteiger partial charge in [0.25, 0.3) is 5.91 Å². The summed E-state index contributed by atoms with van der Waals surface area (Å²) in [7, 11) is -3.72. The normalized spacial score (nSPS) is 22.4. The van der Waals surface area contributed by atoms with Crippen molar-refractivity contribution in [3.63, 3.8) is 0 Å². The number of nitrogens with two attached hydrogens (primary N) is 1. The van der Waals surface area contributed by atoms with E-state index in [1.807, 2.05) is 34.6 Å². The van der Waals surface area contributed by atoms with E-state index in [2.05, 4.69) is 16.0 Å². The third kappa shape index (κ3) is 9.15. The molecular weight excluding hydrogens is 634 g/mol. The van der Waals surface area contributed by atoms with E-state index < -0.39 is 68.5 Å². The van der Waals surface area contributed by atoms with Crippen molar-refractivity contribution >= 4 is 39.4 Å². The van der Waals surface area contributed by atoms with Gasteiger partial charge in [-0.3, -0.25) is 19.2 Å². The van der Waals surface area contributed by atoms with Crippen LogP contribution in [-0.2, 0) is 29.0 Å². The van der Waals surface area contributed by atoms with Gasteiger partial charge < -0.3 is 26.6 Å². The molecule has 2 saturated carbocycles. The third-order valence-corrected chi connectivity index (χ3v) is 12.1. The van der Waals surface area contributed by atoms with Crippen molar-refractivity contribution < 1.29 is 32.4 Å². The Morgan fingerprint density at radius 2 is 1.58 bits per heavy atom. The molecule has 1 aromatic carbocycles. The number of benzene rings is 1. The van der Waals surface area contributed by atoms with Crippen LogP contribution in [0.3, 0.4) is 0 Å². The van der Waals surface area contributed by atoms with Crippen molar-refractivity contribution in [1.82, 2.24) is 20.9 Å². The van der Waals surface area contributed by atoms with Crippen LogP contribution in [0.5, 0.6) is 0 Å². The Kier molecular flexibility index (Phi) is 11.6. The number of Topliss-reactive ketones (excluding diaryl/α,β-unsaturated/α-hetero) is 1. The van der Waals surface area contributed by atoms with Crippen LogP contribution in [0.1, 0.15) is 92.4 Å². The van der Waals surface area contributed by atoms with Crippen LogP contribution in [0, 0.1) is 23.2 Å². The maximum Gasteiger partial charge on any atom is 0.315 e. The quantitative estimate of drug-likeness (QED) is 0.230. The standard InChI is InChI=1S/C35H53N5O7S/c1-22(2)25-16-19-40(27(25)31(43)37-26(20-23-14-15-23)28(41)30(36)42)32(44)29(34(3,4)5)38-33(45)39-35(17-10-7-11-18-35)21-48(46,47)24-12-8-6-9-13-24/h6,8-9,12-13,22-23,25-27,29H,7,10-11,14-21H2,1-5H3,(H2,36,42)(H,37,43)(H2,38,39,45)/t25-,26?,27+,29-/m1/s1. The van der Waals surface area contributed by atoms with Crippen LogP contribution in [0.15, 0.2) is 35.2 Å². The van der Waals surface area contributed by atoms with Crippen LogP contribution in [0.4, 0.5) is 4.79 Å². The molecule has 3 fully saturated rings. The second-order valence-corrected chi connectivity index (χ2v) is 17.4. The molecule has 12 nitrogen and oxygen atoms in total. The Labute approximate surface area is 284 Å². The molecule has 1 aliphatic heterocycles. The largest absolute Gasteiger partial charge is 0.363 e. The summed E-state index contributed by atoms with van der Waals surface area (Å²) < 4.78 is 26.9. The number of primary amides is 1. The van der Waals surface area contributed by atoms with Crippen LogP contribution < -0.4 is 21.7 Å². The minimum Gasteiger partial charge on any atom is -0.363 e. The summed E-state index contributed by atoms with van der Waals surface area (Å²) in [6, 6.07) is 4.48. The molecule has 2 aliphatic carbocycles. The number of sulfone groups is 1. The summed E-state index contributed by atoms with van der Waals surface area (Å²) in [6.45, 7) is 9.65. The molecule has 5 N–H and O–H groups in total. The third-order valence-electron chi connectivity index (χ3n) is 10.1. The molecule has 4 atom stereocenters. The second kappa shape index (κ2) is 15.0. The first kappa shape index (κ1) is 37.3. The smallest absolute Gasteiger partial charge is 0.315 e. The highest BCUT2D eigenvalue weighted by atomic mass is 32.2. The van der Waals surface area contributed by atoms with Crippen LogP contribution in [0.25, 0.3) is 0 Å². The summed E-state index contributed by atoms with van der Waals surface area (Å²) in [6.07, 6.45) is 6.08. The van der Waals surface area contributed by atoms with Crippen molar-refractivity contribution in [2.75, 3.05) is 12.3 Å². The van der Waals surface area contributed by atoms with Gasteiger partial charge in [0.05, 0.1) is 22.2 Å². The molecule has 0 spiro atoms. The first-order valence-electron chi connectivity index (χ1n) is 17.2. The van der Waals surface area contributed by atoms with Gasteiger partial charge in [0, 0.05) is 6.54 Å². The summed E-state index contributed by atoms with van der Waals surface area (Å²) in [5.41, 5.74) is 3.51. The number of hydrogen-bond acceptors (Lipinski definition) is 7. The molecule has 0 bridgehead atoms. The maximum atomic E-state index is 14.4. The minimum atomic E-state index is -3.72. The number of nitrogens with zero attached hydrogens (tertiary/aromatic N) is 1. The van der Waals surface area contributed by atoms with Gasteiger partial charge in [-0.05, 0) is 61.0 Å². The van der Waals surface area contributed by atoms with E-state index >= 15 is 0 Å². The van der Waals surface area contributed by atoms with E-state index in [1.165, 1.54) is 4.90 Å². The van der Waals surface area contributed by atoms with Crippen molar-refractivity contribution in [3.8, 4) is 0 Å². The van der Waals surface area contributed by atoms with Crippen molar-refractivity contribution in [3.05, 3.63) is 30.3 Å². The first-order valence-corrected chi connectivity index (χ1v) is 18.9. The van der Waals surface area contributed by atoms with Crippen molar-refractivity contribution in [1.29, 1.82) is 0 Å². The Morgan fingerprint density at radius 3 is 2.12 bits per heavy atom.